The fraction of sp³-hybridized carbons (Fsp3) is 0.308. The smallest absolute Gasteiger partial charge is 0.257 e. The molecule has 0 radical (unpaired) electrons. The number of hydrogen-bond donors (Lipinski definition) is 2. The van der Waals surface area contributed by atoms with Crippen LogP contribution in [-0.4, -0.2) is 19.1 Å². The summed E-state index contributed by atoms with van der Waals surface area (Å²) in [5.41, 5.74) is 6.19. The number of amides is 1. The summed E-state index contributed by atoms with van der Waals surface area (Å²) in [4.78, 5) is 11.3. The van der Waals surface area contributed by atoms with Gasteiger partial charge in [0.05, 0.1) is 0 Å². The molecule has 0 aliphatic rings. The summed E-state index contributed by atoms with van der Waals surface area (Å²) in [6.07, 6.45) is 0.653. The number of nitrogens with one attached hydrogen (secondary N) is 1. The third-order valence-electron chi connectivity index (χ3n) is 1.98. The summed E-state index contributed by atoms with van der Waals surface area (Å²) < 4.78 is 5.28. The molecule has 4 heteroatoms. The summed E-state index contributed by atoms with van der Waals surface area (Å²) in [6, 6.07) is 6.97. The zero-order valence-electron chi connectivity index (χ0n) is 9.82. The van der Waals surface area contributed by atoms with Gasteiger partial charge in [-0.1, -0.05) is 6.07 Å². The molecule has 4 nitrogen and oxygen atoms in total. The number of benzene rings is 1. The summed E-state index contributed by atoms with van der Waals surface area (Å²) >= 11 is 0. The Morgan fingerprint density at radius 3 is 3.06 bits per heavy atom. The zero-order chi connectivity index (χ0) is 12.5. The number of nitrogen functional groups attached to an aromatic ring is 1. The Bertz CT molecular complexity index is 433. The van der Waals surface area contributed by atoms with Gasteiger partial charge in [-0.15, -0.1) is 11.8 Å². The van der Waals surface area contributed by atoms with E-state index in [9.17, 15) is 4.79 Å². The van der Waals surface area contributed by atoms with E-state index in [-0.39, 0.29) is 12.5 Å². The Labute approximate surface area is 101 Å². The molecular formula is C13H16N2O2. The van der Waals surface area contributed by atoms with Gasteiger partial charge in [0, 0.05) is 24.7 Å². The Kier molecular flexibility index (Phi) is 5.45. The van der Waals surface area contributed by atoms with Crippen molar-refractivity contribution in [3.63, 3.8) is 0 Å². The lowest BCUT2D eigenvalue weighted by Crippen LogP contribution is -2.29. The number of carbonyl (C=O) groups excluding carboxylic acids is 1. The predicted octanol–water partition coefficient (Wildman–Crippen LogP) is 1.18. The molecule has 0 fully saturated rings. The number of anilines is 1. The van der Waals surface area contributed by atoms with Gasteiger partial charge in [0.2, 0.25) is 0 Å². The van der Waals surface area contributed by atoms with Gasteiger partial charge in [-0.25, -0.2) is 0 Å². The van der Waals surface area contributed by atoms with Gasteiger partial charge in [0.25, 0.3) is 5.91 Å². The number of hydrogen-bond acceptors (Lipinski definition) is 3. The minimum atomic E-state index is -0.162. The molecule has 0 aliphatic carbocycles. The average molecular weight is 232 g/mol. The molecule has 0 aromatic heterocycles. The van der Waals surface area contributed by atoms with Gasteiger partial charge >= 0.3 is 0 Å². The maximum absolute atomic E-state index is 11.3. The lowest BCUT2D eigenvalue weighted by atomic mass is 10.3. The number of carbonyl (C=O) groups is 1. The summed E-state index contributed by atoms with van der Waals surface area (Å²) in [5.74, 6) is 6.05. The molecule has 3 N–H and O–H groups in total. The van der Waals surface area contributed by atoms with E-state index in [2.05, 4.69) is 17.2 Å². The third-order valence-corrected chi connectivity index (χ3v) is 1.98. The standard InChI is InChI=1S/C13H16N2O2/c1-2-3-4-8-15-13(16)10-17-12-7-5-6-11(14)9-12/h5-7,9H,4,8,10,14H2,1H3,(H,15,16). The molecule has 1 rings (SSSR count). The summed E-state index contributed by atoms with van der Waals surface area (Å²) in [6.45, 7) is 2.30. The first-order chi connectivity index (χ1) is 8.22. The van der Waals surface area contributed by atoms with Crippen molar-refractivity contribution in [3.05, 3.63) is 24.3 Å². The molecule has 0 saturated heterocycles. The minimum absolute atomic E-state index is 0.0109. The highest BCUT2D eigenvalue weighted by atomic mass is 16.5. The SMILES string of the molecule is CC#CCCNC(=O)COc1cccc(N)c1. The van der Waals surface area contributed by atoms with Crippen LogP contribution in [0.2, 0.25) is 0 Å². The molecule has 0 atom stereocenters. The molecule has 0 aliphatic heterocycles. The monoisotopic (exact) mass is 232 g/mol. The van der Waals surface area contributed by atoms with Gasteiger partial charge < -0.3 is 15.8 Å². The van der Waals surface area contributed by atoms with Crippen LogP contribution in [0.4, 0.5) is 5.69 Å². The van der Waals surface area contributed by atoms with Crippen LogP contribution in [0.5, 0.6) is 5.75 Å². The third kappa shape index (κ3) is 5.47. The normalized spacial score (nSPS) is 9.00. The topological polar surface area (TPSA) is 64.3 Å². The maximum atomic E-state index is 11.3. The molecule has 0 heterocycles. The van der Waals surface area contributed by atoms with E-state index in [1.165, 1.54) is 0 Å². The molecule has 0 saturated carbocycles. The number of ether oxygens (including phenoxy) is 1. The second kappa shape index (κ2) is 7.18. The van der Waals surface area contributed by atoms with Crippen molar-refractivity contribution in [1.82, 2.24) is 5.32 Å². The first-order valence-electron chi connectivity index (χ1n) is 5.37. The highest BCUT2D eigenvalue weighted by Crippen LogP contribution is 2.13. The van der Waals surface area contributed by atoms with Crippen molar-refractivity contribution in [2.24, 2.45) is 0 Å². The van der Waals surface area contributed by atoms with E-state index in [0.29, 0.717) is 24.4 Å². The highest BCUT2D eigenvalue weighted by Gasteiger charge is 2.01. The van der Waals surface area contributed by atoms with Crippen molar-refractivity contribution < 1.29 is 9.53 Å². The molecule has 0 bridgehead atoms. The summed E-state index contributed by atoms with van der Waals surface area (Å²) in [5, 5.41) is 2.70. The van der Waals surface area contributed by atoms with Crippen molar-refractivity contribution >= 4 is 11.6 Å². The van der Waals surface area contributed by atoms with Crippen molar-refractivity contribution in [2.45, 2.75) is 13.3 Å². The quantitative estimate of drug-likeness (QED) is 0.455. The largest absolute Gasteiger partial charge is 0.484 e. The Morgan fingerprint density at radius 1 is 1.53 bits per heavy atom. The van der Waals surface area contributed by atoms with Crippen LogP contribution in [0.25, 0.3) is 0 Å². The van der Waals surface area contributed by atoms with Crippen molar-refractivity contribution in [3.8, 4) is 17.6 Å². The maximum Gasteiger partial charge on any atom is 0.257 e. The van der Waals surface area contributed by atoms with E-state index in [1.54, 1.807) is 31.2 Å². The van der Waals surface area contributed by atoms with Crippen LogP contribution in [0.15, 0.2) is 24.3 Å². The van der Waals surface area contributed by atoms with Gasteiger partial charge in [-0.2, -0.15) is 0 Å². The Balaban J connectivity index is 2.25. The second-order valence-corrected chi connectivity index (χ2v) is 3.39. The van der Waals surface area contributed by atoms with Crippen LogP contribution in [0.3, 0.4) is 0 Å². The van der Waals surface area contributed by atoms with Gasteiger partial charge in [-0.05, 0) is 19.1 Å². The number of rotatable bonds is 5. The lowest BCUT2D eigenvalue weighted by Gasteiger charge is -2.06. The van der Waals surface area contributed by atoms with E-state index >= 15 is 0 Å². The minimum Gasteiger partial charge on any atom is -0.484 e. The zero-order valence-corrected chi connectivity index (χ0v) is 9.82. The molecule has 1 aromatic carbocycles. The van der Waals surface area contributed by atoms with E-state index in [4.69, 9.17) is 10.5 Å². The van der Waals surface area contributed by atoms with Crippen molar-refractivity contribution in [2.75, 3.05) is 18.9 Å². The Morgan fingerprint density at radius 2 is 2.35 bits per heavy atom. The molecule has 17 heavy (non-hydrogen) atoms. The fourth-order valence-corrected chi connectivity index (χ4v) is 1.19. The Hall–Kier alpha value is -2.15. The second-order valence-electron chi connectivity index (χ2n) is 3.39. The molecular weight excluding hydrogens is 216 g/mol. The first kappa shape index (κ1) is 12.9. The molecule has 1 amide bonds. The van der Waals surface area contributed by atoms with E-state index in [0.717, 1.165) is 0 Å². The van der Waals surface area contributed by atoms with E-state index in [1.807, 2.05) is 0 Å². The molecule has 1 aromatic rings. The summed E-state index contributed by atoms with van der Waals surface area (Å²) in [7, 11) is 0. The highest BCUT2D eigenvalue weighted by molar-refractivity contribution is 5.77. The molecule has 90 valence electrons. The van der Waals surface area contributed by atoms with Crippen molar-refractivity contribution in [1.29, 1.82) is 0 Å². The lowest BCUT2D eigenvalue weighted by molar-refractivity contribution is -0.123. The van der Waals surface area contributed by atoms with Crippen LogP contribution < -0.4 is 15.8 Å². The van der Waals surface area contributed by atoms with Crippen LogP contribution in [-0.2, 0) is 4.79 Å². The van der Waals surface area contributed by atoms with Crippen LogP contribution in [0.1, 0.15) is 13.3 Å². The van der Waals surface area contributed by atoms with Gasteiger partial charge in [0.1, 0.15) is 5.75 Å². The van der Waals surface area contributed by atoms with Crippen LogP contribution >= 0.6 is 0 Å². The van der Waals surface area contributed by atoms with Crippen LogP contribution in [0, 0.1) is 11.8 Å². The molecule has 0 unspecified atom stereocenters. The van der Waals surface area contributed by atoms with Gasteiger partial charge in [-0.3, -0.25) is 4.79 Å². The van der Waals surface area contributed by atoms with Gasteiger partial charge in [0.15, 0.2) is 6.61 Å². The van der Waals surface area contributed by atoms with E-state index < -0.39 is 0 Å². The fourth-order valence-electron chi connectivity index (χ4n) is 1.19. The first-order valence-corrected chi connectivity index (χ1v) is 5.37. The number of nitrogens with two attached hydrogens (primary N) is 1. The average Bonchev–Trinajstić information content (AvgIpc) is 2.32. The predicted molar refractivity (Wildman–Crippen MR) is 67.4 cm³/mol. The molecule has 0 spiro atoms.